The lowest BCUT2D eigenvalue weighted by Crippen LogP contribution is -2.47. The van der Waals surface area contributed by atoms with Gasteiger partial charge in [-0.15, -0.1) is 12.4 Å². The zero-order valence-electron chi connectivity index (χ0n) is 13.5. The van der Waals surface area contributed by atoms with Gasteiger partial charge in [-0.1, -0.05) is 49.6 Å². The molecule has 5 heteroatoms. The van der Waals surface area contributed by atoms with Crippen molar-refractivity contribution in [3.63, 3.8) is 0 Å². The van der Waals surface area contributed by atoms with Crippen LogP contribution < -0.4 is 5.32 Å². The monoisotopic (exact) mass is 326 g/mol. The van der Waals surface area contributed by atoms with Crippen molar-refractivity contribution in [2.24, 2.45) is 0 Å². The number of alkyl carbamates (subject to hydrolysis) is 1. The third kappa shape index (κ3) is 5.18. The topological polar surface area (TPSA) is 41.6 Å². The minimum absolute atomic E-state index is 0. The van der Waals surface area contributed by atoms with Gasteiger partial charge in [0.1, 0.15) is 6.61 Å². The smallest absolute Gasteiger partial charge is 0.407 e. The Morgan fingerprint density at radius 1 is 1.18 bits per heavy atom. The standard InChI is InChI=1S/C17H26N2O2.ClH/c1-19(2)13-14-21-16(20)18-17(11-7-4-8-12-17)15-9-5-3-6-10-15;/h3,5-6,9-10H,4,7-8,11-14H2,1-2H3,(H,18,20);1H. The van der Waals surface area contributed by atoms with Gasteiger partial charge in [-0.3, -0.25) is 0 Å². The van der Waals surface area contributed by atoms with Crippen LogP contribution in [-0.4, -0.2) is 38.2 Å². The Kier molecular flexibility index (Phi) is 7.69. The van der Waals surface area contributed by atoms with Gasteiger partial charge in [-0.25, -0.2) is 4.79 Å². The number of nitrogens with one attached hydrogen (secondary N) is 1. The van der Waals surface area contributed by atoms with Crippen molar-refractivity contribution in [2.45, 2.75) is 37.6 Å². The molecule has 0 unspecified atom stereocenters. The number of amides is 1. The minimum atomic E-state index is -0.303. The van der Waals surface area contributed by atoms with Crippen LogP contribution in [0.15, 0.2) is 30.3 Å². The van der Waals surface area contributed by atoms with Gasteiger partial charge in [-0.05, 0) is 32.5 Å². The molecule has 0 spiro atoms. The largest absolute Gasteiger partial charge is 0.448 e. The lowest BCUT2D eigenvalue weighted by molar-refractivity contribution is 0.116. The zero-order valence-corrected chi connectivity index (χ0v) is 14.3. The maximum absolute atomic E-state index is 12.1. The van der Waals surface area contributed by atoms with Gasteiger partial charge in [0.25, 0.3) is 0 Å². The van der Waals surface area contributed by atoms with Crippen LogP contribution in [0.2, 0.25) is 0 Å². The molecule has 2 rings (SSSR count). The molecule has 1 aromatic carbocycles. The van der Waals surface area contributed by atoms with Gasteiger partial charge >= 0.3 is 6.09 Å². The second-order valence-corrected chi connectivity index (χ2v) is 6.07. The van der Waals surface area contributed by atoms with Gasteiger partial charge in [0.15, 0.2) is 0 Å². The number of halogens is 1. The fourth-order valence-corrected chi connectivity index (χ4v) is 2.95. The van der Waals surface area contributed by atoms with E-state index < -0.39 is 0 Å². The van der Waals surface area contributed by atoms with Crippen LogP contribution in [0.25, 0.3) is 0 Å². The van der Waals surface area contributed by atoms with E-state index in [9.17, 15) is 4.79 Å². The molecule has 124 valence electrons. The molecule has 1 fully saturated rings. The Morgan fingerprint density at radius 2 is 1.82 bits per heavy atom. The summed E-state index contributed by atoms with van der Waals surface area (Å²) in [7, 11) is 3.93. The van der Waals surface area contributed by atoms with Crippen LogP contribution in [0.1, 0.15) is 37.7 Å². The fraction of sp³-hybridized carbons (Fsp3) is 0.588. The van der Waals surface area contributed by atoms with Gasteiger partial charge in [0.2, 0.25) is 0 Å². The molecular formula is C17H27ClN2O2. The van der Waals surface area contributed by atoms with E-state index in [0.717, 1.165) is 32.2 Å². The molecule has 0 atom stereocenters. The van der Waals surface area contributed by atoms with Crippen LogP contribution in [0, 0.1) is 0 Å². The number of nitrogens with zero attached hydrogens (tertiary/aromatic N) is 1. The average molecular weight is 327 g/mol. The van der Waals surface area contributed by atoms with Crippen LogP contribution in [0.4, 0.5) is 4.79 Å². The molecule has 22 heavy (non-hydrogen) atoms. The summed E-state index contributed by atoms with van der Waals surface area (Å²) >= 11 is 0. The molecule has 0 aliphatic heterocycles. The van der Waals surface area contributed by atoms with E-state index in [0.29, 0.717) is 6.61 Å². The number of benzene rings is 1. The highest BCUT2D eigenvalue weighted by Gasteiger charge is 2.35. The molecule has 4 nitrogen and oxygen atoms in total. The van der Waals surface area contributed by atoms with E-state index in [1.54, 1.807) is 0 Å². The Hall–Kier alpha value is -1.26. The zero-order chi connectivity index (χ0) is 15.1. The highest BCUT2D eigenvalue weighted by molar-refractivity contribution is 5.85. The molecule has 0 aromatic heterocycles. The molecule has 1 saturated carbocycles. The van der Waals surface area contributed by atoms with E-state index in [1.165, 1.54) is 12.0 Å². The number of carbonyl (C=O) groups is 1. The first kappa shape index (κ1) is 18.8. The van der Waals surface area contributed by atoms with Crippen molar-refractivity contribution in [3.05, 3.63) is 35.9 Å². The minimum Gasteiger partial charge on any atom is -0.448 e. The first-order valence-electron chi connectivity index (χ1n) is 7.78. The van der Waals surface area contributed by atoms with Crippen molar-refractivity contribution in [1.29, 1.82) is 0 Å². The molecule has 0 bridgehead atoms. The molecule has 0 heterocycles. The predicted octanol–water partition coefficient (Wildman–Crippen LogP) is 3.56. The van der Waals surface area contributed by atoms with Crippen LogP contribution in [0.5, 0.6) is 0 Å². The fourth-order valence-electron chi connectivity index (χ4n) is 2.95. The molecular weight excluding hydrogens is 300 g/mol. The molecule has 1 aliphatic rings. The summed E-state index contributed by atoms with van der Waals surface area (Å²) < 4.78 is 5.31. The highest BCUT2D eigenvalue weighted by atomic mass is 35.5. The number of likely N-dealkylation sites (N-methyl/N-ethyl adjacent to an activating group) is 1. The number of hydrogen-bond donors (Lipinski definition) is 1. The third-order valence-corrected chi connectivity index (χ3v) is 4.15. The Bertz CT molecular complexity index is 445. The lowest BCUT2D eigenvalue weighted by Gasteiger charge is -2.38. The van der Waals surface area contributed by atoms with Crippen molar-refractivity contribution in [1.82, 2.24) is 10.2 Å². The number of rotatable bonds is 5. The lowest BCUT2D eigenvalue weighted by atomic mass is 9.77. The van der Waals surface area contributed by atoms with Gasteiger partial charge in [0, 0.05) is 6.54 Å². The number of hydrogen-bond acceptors (Lipinski definition) is 3. The quantitative estimate of drug-likeness (QED) is 0.899. The highest BCUT2D eigenvalue weighted by Crippen LogP contribution is 2.37. The maximum atomic E-state index is 12.1. The first-order chi connectivity index (χ1) is 10.1. The van der Waals surface area contributed by atoms with E-state index >= 15 is 0 Å². The van der Waals surface area contributed by atoms with Gasteiger partial charge < -0.3 is 15.0 Å². The van der Waals surface area contributed by atoms with Gasteiger partial charge in [-0.2, -0.15) is 0 Å². The summed E-state index contributed by atoms with van der Waals surface area (Å²) in [6.45, 7) is 1.16. The van der Waals surface area contributed by atoms with Crippen LogP contribution in [-0.2, 0) is 10.3 Å². The van der Waals surface area contributed by atoms with E-state index in [4.69, 9.17) is 4.74 Å². The molecule has 0 radical (unpaired) electrons. The summed E-state index contributed by atoms with van der Waals surface area (Å²) in [6.07, 6.45) is 5.20. The van der Waals surface area contributed by atoms with Crippen LogP contribution in [0.3, 0.4) is 0 Å². The molecule has 1 amide bonds. The predicted molar refractivity (Wildman–Crippen MR) is 91.5 cm³/mol. The Balaban J connectivity index is 0.00000242. The van der Waals surface area contributed by atoms with E-state index in [2.05, 4.69) is 17.4 Å². The summed E-state index contributed by atoms with van der Waals surface area (Å²) in [6, 6.07) is 10.3. The van der Waals surface area contributed by atoms with E-state index in [1.807, 2.05) is 37.2 Å². The van der Waals surface area contributed by atoms with Crippen molar-refractivity contribution < 1.29 is 9.53 Å². The molecule has 0 saturated heterocycles. The maximum Gasteiger partial charge on any atom is 0.407 e. The second-order valence-electron chi connectivity index (χ2n) is 6.07. The van der Waals surface area contributed by atoms with Crippen molar-refractivity contribution in [3.8, 4) is 0 Å². The summed E-state index contributed by atoms with van der Waals surface area (Å²) in [5.41, 5.74) is 0.934. The molecule has 1 aromatic rings. The average Bonchev–Trinajstić information content (AvgIpc) is 2.48. The first-order valence-corrected chi connectivity index (χ1v) is 7.78. The second kappa shape index (κ2) is 9.01. The Labute approximate surface area is 139 Å². The SMILES string of the molecule is CN(C)CCOC(=O)NC1(c2ccccc2)CCCCC1.Cl. The Morgan fingerprint density at radius 3 is 2.41 bits per heavy atom. The van der Waals surface area contributed by atoms with E-state index in [-0.39, 0.29) is 24.0 Å². The van der Waals surface area contributed by atoms with Gasteiger partial charge in [0.05, 0.1) is 5.54 Å². The summed E-state index contributed by atoms with van der Waals surface area (Å²) in [5, 5.41) is 3.14. The summed E-state index contributed by atoms with van der Waals surface area (Å²) in [5.74, 6) is 0. The third-order valence-electron chi connectivity index (χ3n) is 4.15. The summed E-state index contributed by atoms with van der Waals surface area (Å²) in [4.78, 5) is 14.1. The van der Waals surface area contributed by atoms with Crippen molar-refractivity contribution >= 4 is 18.5 Å². The normalized spacial score (nSPS) is 16.7. The molecule has 1 N–H and O–H groups in total. The number of carbonyl (C=O) groups excluding carboxylic acids is 1. The molecule has 1 aliphatic carbocycles. The number of ether oxygens (including phenoxy) is 1. The van der Waals surface area contributed by atoms with Crippen LogP contribution >= 0.6 is 12.4 Å². The van der Waals surface area contributed by atoms with Crippen molar-refractivity contribution in [2.75, 3.05) is 27.2 Å².